The zero-order chi connectivity index (χ0) is 17.9. The Morgan fingerprint density at radius 2 is 2.00 bits per heavy atom. The lowest BCUT2D eigenvalue weighted by Crippen LogP contribution is -2.14. The van der Waals surface area contributed by atoms with Crippen molar-refractivity contribution in [3.63, 3.8) is 0 Å². The van der Waals surface area contributed by atoms with Crippen LogP contribution in [0.25, 0.3) is 22.4 Å². The van der Waals surface area contributed by atoms with E-state index in [1.54, 1.807) is 6.20 Å². The molecule has 0 saturated carbocycles. The first-order valence-corrected chi connectivity index (χ1v) is 8.21. The largest absolute Gasteiger partial charge is 0.420 e. The molecule has 26 heavy (non-hydrogen) atoms. The Bertz CT molecular complexity index is 1090. The van der Waals surface area contributed by atoms with Crippen molar-refractivity contribution in [2.45, 2.75) is 13.3 Å². The van der Waals surface area contributed by atoms with Crippen molar-refractivity contribution in [1.29, 1.82) is 0 Å². The van der Waals surface area contributed by atoms with Crippen LogP contribution in [0, 0.1) is 6.92 Å². The van der Waals surface area contributed by atoms with E-state index in [1.165, 1.54) is 0 Å². The van der Waals surface area contributed by atoms with Crippen LogP contribution in [0.5, 0.6) is 0 Å². The van der Waals surface area contributed by atoms with Crippen molar-refractivity contribution in [1.82, 2.24) is 15.2 Å². The van der Waals surface area contributed by atoms with E-state index < -0.39 is 0 Å². The summed E-state index contributed by atoms with van der Waals surface area (Å²) in [6.45, 7) is 1.97. The number of aromatic nitrogens is 3. The second-order valence-electron chi connectivity index (χ2n) is 6.01. The molecular formula is C20H16N4O2. The highest BCUT2D eigenvalue weighted by molar-refractivity contribution is 5.91. The van der Waals surface area contributed by atoms with Crippen LogP contribution in [-0.2, 0) is 11.2 Å². The summed E-state index contributed by atoms with van der Waals surface area (Å²) in [6, 6.07) is 17.2. The Kier molecular flexibility index (Phi) is 4.15. The summed E-state index contributed by atoms with van der Waals surface area (Å²) in [5.74, 6) is 0.457. The average molecular weight is 344 g/mol. The summed E-state index contributed by atoms with van der Waals surface area (Å²) < 4.78 is 5.65. The predicted molar refractivity (Wildman–Crippen MR) is 98.5 cm³/mol. The topological polar surface area (TPSA) is 80.9 Å². The molecule has 0 aliphatic rings. The quantitative estimate of drug-likeness (QED) is 0.609. The summed E-state index contributed by atoms with van der Waals surface area (Å²) in [5.41, 5.74) is 3.52. The van der Waals surface area contributed by atoms with E-state index in [4.69, 9.17) is 4.42 Å². The maximum atomic E-state index is 12.2. The Morgan fingerprint density at radius 3 is 2.88 bits per heavy atom. The molecule has 128 valence electrons. The van der Waals surface area contributed by atoms with Gasteiger partial charge in [0.05, 0.1) is 5.52 Å². The van der Waals surface area contributed by atoms with Gasteiger partial charge in [-0.1, -0.05) is 18.2 Å². The van der Waals surface area contributed by atoms with E-state index in [2.05, 4.69) is 20.5 Å². The molecule has 2 aromatic heterocycles. The third-order valence-electron chi connectivity index (χ3n) is 3.93. The van der Waals surface area contributed by atoms with E-state index in [1.807, 2.05) is 61.5 Å². The fourth-order valence-electron chi connectivity index (χ4n) is 2.72. The van der Waals surface area contributed by atoms with Crippen molar-refractivity contribution in [2.75, 3.05) is 5.32 Å². The van der Waals surface area contributed by atoms with Crippen LogP contribution in [0.4, 0.5) is 5.69 Å². The number of amides is 1. The molecule has 2 aromatic carbocycles. The van der Waals surface area contributed by atoms with Gasteiger partial charge in [0.2, 0.25) is 17.7 Å². The predicted octanol–water partition coefficient (Wildman–Crippen LogP) is 3.77. The van der Waals surface area contributed by atoms with Gasteiger partial charge in [0.15, 0.2) is 0 Å². The number of aryl methyl sites for hydroxylation is 1. The number of carbonyl (C=O) groups is 1. The molecule has 0 atom stereocenters. The first-order chi connectivity index (χ1) is 12.7. The van der Waals surface area contributed by atoms with Crippen molar-refractivity contribution in [2.24, 2.45) is 0 Å². The minimum absolute atomic E-state index is 0.0239. The van der Waals surface area contributed by atoms with Gasteiger partial charge in [0.1, 0.15) is 6.42 Å². The number of nitrogens with zero attached hydrogens (tertiary/aromatic N) is 3. The molecule has 0 fully saturated rings. The maximum Gasteiger partial charge on any atom is 0.247 e. The van der Waals surface area contributed by atoms with E-state index >= 15 is 0 Å². The number of hydrogen-bond donors (Lipinski definition) is 1. The lowest BCUT2D eigenvalue weighted by atomic mass is 10.1. The third-order valence-corrected chi connectivity index (χ3v) is 3.93. The molecule has 4 aromatic rings. The number of carbonyl (C=O) groups excluding carboxylic acids is 1. The Balaban J connectivity index is 1.49. The number of nitrogens with one attached hydrogen (secondary N) is 1. The summed E-state index contributed by atoms with van der Waals surface area (Å²) in [6.07, 6.45) is 1.77. The lowest BCUT2D eigenvalue weighted by molar-refractivity contribution is -0.115. The van der Waals surface area contributed by atoms with Gasteiger partial charge in [-0.05, 0) is 48.9 Å². The van der Waals surface area contributed by atoms with Gasteiger partial charge in [-0.15, -0.1) is 10.2 Å². The molecule has 4 rings (SSSR count). The smallest absolute Gasteiger partial charge is 0.247 e. The van der Waals surface area contributed by atoms with Crippen LogP contribution in [0.3, 0.4) is 0 Å². The van der Waals surface area contributed by atoms with Crippen molar-refractivity contribution >= 4 is 22.5 Å². The summed E-state index contributed by atoms with van der Waals surface area (Å²) in [4.78, 5) is 16.5. The molecule has 0 bridgehead atoms. The number of anilines is 1. The van der Waals surface area contributed by atoms with Gasteiger partial charge in [0.25, 0.3) is 0 Å². The molecule has 0 aliphatic carbocycles. The number of fused-ring (bicyclic) bond motifs is 1. The standard InChI is InChI=1S/C20H16N4O2/c1-13-4-2-6-16(10-13)22-18(25)12-19-23-24-20(26-19)15-7-8-17-14(11-15)5-3-9-21-17/h2-11H,12H2,1H3,(H,22,25). The van der Waals surface area contributed by atoms with E-state index in [-0.39, 0.29) is 18.2 Å². The molecular weight excluding hydrogens is 328 g/mol. The molecule has 1 amide bonds. The third kappa shape index (κ3) is 3.44. The Morgan fingerprint density at radius 1 is 1.08 bits per heavy atom. The Labute approximate surface area is 149 Å². The van der Waals surface area contributed by atoms with Gasteiger partial charge in [-0.3, -0.25) is 9.78 Å². The number of rotatable bonds is 4. The SMILES string of the molecule is Cc1cccc(NC(=O)Cc2nnc(-c3ccc4ncccc4c3)o2)c1. The second-order valence-corrected chi connectivity index (χ2v) is 6.01. The molecule has 0 unspecified atom stereocenters. The monoisotopic (exact) mass is 344 g/mol. The second kappa shape index (κ2) is 6.76. The average Bonchev–Trinajstić information content (AvgIpc) is 3.09. The highest BCUT2D eigenvalue weighted by Crippen LogP contribution is 2.22. The fraction of sp³-hybridized carbons (Fsp3) is 0.100. The van der Waals surface area contributed by atoms with Gasteiger partial charge in [-0.2, -0.15) is 0 Å². The van der Waals surface area contributed by atoms with E-state index in [0.717, 1.165) is 27.7 Å². The summed E-state index contributed by atoms with van der Waals surface area (Å²) in [5, 5.41) is 11.8. The normalized spacial score (nSPS) is 10.8. The van der Waals surface area contributed by atoms with Crippen molar-refractivity contribution in [3.8, 4) is 11.5 Å². The molecule has 0 radical (unpaired) electrons. The van der Waals surface area contributed by atoms with Crippen molar-refractivity contribution < 1.29 is 9.21 Å². The molecule has 0 saturated heterocycles. The summed E-state index contributed by atoms with van der Waals surface area (Å²) in [7, 11) is 0. The zero-order valence-corrected chi connectivity index (χ0v) is 14.1. The summed E-state index contributed by atoms with van der Waals surface area (Å²) >= 11 is 0. The fourth-order valence-corrected chi connectivity index (χ4v) is 2.72. The van der Waals surface area contributed by atoms with Gasteiger partial charge in [0, 0.05) is 22.8 Å². The van der Waals surface area contributed by atoms with Crippen LogP contribution in [-0.4, -0.2) is 21.1 Å². The van der Waals surface area contributed by atoms with Crippen LogP contribution in [0.2, 0.25) is 0 Å². The van der Waals surface area contributed by atoms with E-state index in [9.17, 15) is 4.79 Å². The van der Waals surface area contributed by atoms with Crippen molar-refractivity contribution in [3.05, 3.63) is 72.2 Å². The molecule has 2 heterocycles. The van der Waals surface area contributed by atoms with Crippen LogP contribution >= 0.6 is 0 Å². The van der Waals surface area contributed by atoms with Gasteiger partial charge in [-0.25, -0.2) is 0 Å². The molecule has 6 heteroatoms. The maximum absolute atomic E-state index is 12.2. The molecule has 0 aliphatic heterocycles. The lowest BCUT2D eigenvalue weighted by Gasteiger charge is -2.04. The first-order valence-electron chi connectivity index (χ1n) is 8.21. The number of benzene rings is 2. The van der Waals surface area contributed by atoms with Crippen LogP contribution in [0.15, 0.2) is 65.2 Å². The van der Waals surface area contributed by atoms with Gasteiger partial charge < -0.3 is 9.73 Å². The van der Waals surface area contributed by atoms with Crippen LogP contribution in [0.1, 0.15) is 11.5 Å². The molecule has 1 N–H and O–H groups in total. The minimum Gasteiger partial charge on any atom is -0.420 e. The highest BCUT2D eigenvalue weighted by Gasteiger charge is 2.13. The van der Waals surface area contributed by atoms with Gasteiger partial charge >= 0.3 is 0 Å². The number of pyridine rings is 1. The van der Waals surface area contributed by atoms with E-state index in [0.29, 0.717) is 5.89 Å². The zero-order valence-electron chi connectivity index (χ0n) is 14.1. The van der Waals surface area contributed by atoms with Crippen LogP contribution < -0.4 is 5.32 Å². The Hall–Kier alpha value is -3.54. The minimum atomic E-state index is -0.200. The number of hydrogen-bond acceptors (Lipinski definition) is 5. The first kappa shape index (κ1) is 16.0. The highest BCUT2D eigenvalue weighted by atomic mass is 16.4. The molecule has 6 nitrogen and oxygen atoms in total. The molecule has 0 spiro atoms.